The molecule has 0 unspecified atom stereocenters. The Bertz CT molecular complexity index is 120. The molecule has 0 aromatic heterocycles. The lowest BCUT2D eigenvalue weighted by atomic mass is 10.1. The van der Waals surface area contributed by atoms with Gasteiger partial charge in [-0.2, -0.15) is 0 Å². The lowest BCUT2D eigenvalue weighted by Crippen LogP contribution is -1.73. The summed E-state index contributed by atoms with van der Waals surface area (Å²) in [5.74, 6) is 0. The summed E-state index contributed by atoms with van der Waals surface area (Å²) in [5, 5.41) is 0. The van der Waals surface area contributed by atoms with Gasteiger partial charge in [0.2, 0.25) is 0 Å². The molecule has 0 saturated carbocycles. The second kappa shape index (κ2) is 7.59. The van der Waals surface area contributed by atoms with E-state index in [1.807, 2.05) is 6.92 Å². The van der Waals surface area contributed by atoms with Crippen LogP contribution in [0.4, 0.5) is 0 Å². The van der Waals surface area contributed by atoms with Gasteiger partial charge in [0.05, 0.1) is 0 Å². The molecular formula is C11H20. The molecule has 0 heteroatoms. The molecule has 11 heavy (non-hydrogen) atoms. The van der Waals surface area contributed by atoms with Crippen molar-refractivity contribution in [2.75, 3.05) is 0 Å². The van der Waals surface area contributed by atoms with Crippen molar-refractivity contribution in [3.8, 4) is 0 Å². The van der Waals surface area contributed by atoms with Gasteiger partial charge < -0.3 is 0 Å². The van der Waals surface area contributed by atoms with Crippen LogP contribution in [0.5, 0.6) is 0 Å². The minimum Gasteiger partial charge on any atom is -0.0961 e. The zero-order valence-electron chi connectivity index (χ0n) is 7.90. The third-order valence-electron chi connectivity index (χ3n) is 1.63. The van der Waals surface area contributed by atoms with Gasteiger partial charge in [-0.05, 0) is 19.8 Å². The van der Waals surface area contributed by atoms with E-state index in [2.05, 4.69) is 25.7 Å². The van der Waals surface area contributed by atoms with E-state index >= 15 is 0 Å². The minimum atomic E-state index is 1.15. The topological polar surface area (TPSA) is 0 Å². The van der Waals surface area contributed by atoms with Gasteiger partial charge in [0.1, 0.15) is 0 Å². The molecule has 0 rings (SSSR count). The molecule has 0 bridgehead atoms. The highest BCUT2D eigenvalue weighted by atomic mass is 13.9. The molecule has 0 aliphatic carbocycles. The van der Waals surface area contributed by atoms with Crippen LogP contribution in [0, 0.1) is 0 Å². The van der Waals surface area contributed by atoms with Crippen molar-refractivity contribution in [2.24, 2.45) is 0 Å². The van der Waals surface area contributed by atoms with E-state index in [4.69, 9.17) is 0 Å². The lowest BCUT2D eigenvalue weighted by molar-refractivity contribution is 0.674. The first-order valence-corrected chi connectivity index (χ1v) is 4.59. The fourth-order valence-corrected chi connectivity index (χ4v) is 0.973. The van der Waals surface area contributed by atoms with Crippen LogP contribution >= 0.6 is 0 Å². The number of hydrogen-bond acceptors (Lipinski definition) is 0. The summed E-state index contributed by atoms with van der Waals surface area (Å²) >= 11 is 0. The second-order valence-corrected chi connectivity index (χ2v) is 3.10. The van der Waals surface area contributed by atoms with E-state index < -0.39 is 0 Å². The first-order valence-electron chi connectivity index (χ1n) is 4.59. The summed E-state index contributed by atoms with van der Waals surface area (Å²) < 4.78 is 0. The summed E-state index contributed by atoms with van der Waals surface area (Å²) in [6.07, 6.45) is 10.9. The molecule has 0 nitrogen and oxygen atoms in total. The SMILES string of the molecule is C=C(C)/C=C/CCCCCC. The van der Waals surface area contributed by atoms with Gasteiger partial charge >= 0.3 is 0 Å². The Kier molecular flexibility index (Phi) is 7.23. The van der Waals surface area contributed by atoms with Crippen molar-refractivity contribution in [2.45, 2.75) is 46.0 Å². The molecule has 0 atom stereocenters. The van der Waals surface area contributed by atoms with Gasteiger partial charge in [-0.3, -0.25) is 0 Å². The number of hydrogen-bond donors (Lipinski definition) is 0. The number of unbranched alkanes of at least 4 members (excludes halogenated alkanes) is 4. The van der Waals surface area contributed by atoms with Gasteiger partial charge in [-0.1, -0.05) is 50.5 Å². The third kappa shape index (κ3) is 9.48. The molecular weight excluding hydrogens is 132 g/mol. The Morgan fingerprint density at radius 2 is 2.00 bits per heavy atom. The Balaban J connectivity index is 3.07. The molecule has 0 aromatic rings. The van der Waals surface area contributed by atoms with E-state index in [9.17, 15) is 0 Å². The summed E-state index contributed by atoms with van der Waals surface area (Å²) in [6.45, 7) is 8.07. The normalized spacial score (nSPS) is 10.7. The average molecular weight is 152 g/mol. The highest BCUT2D eigenvalue weighted by Crippen LogP contribution is 2.03. The predicted octanol–water partition coefficient (Wildman–Crippen LogP) is 4.09. The Labute approximate surface area is 71.0 Å². The van der Waals surface area contributed by atoms with Crippen LogP contribution < -0.4 is 0 Å². The maximum absolute atomic E-state index is 3.80. The van der Waals surface area contributed by atoms with Crippen molar-refractivity contribution in [1.82, 2.24) is 0 Å². The monoisotopic (exact) mass is 152 g/mol. The Hall–Kier alpha value is -0.520. The quantitative estimate of drug-likeness (QED) is 0.397. The van der Waals surface area contributed by atoms with E-state index in [0.717, 1.165) is 5.57 Å². The summed E-state index contributed by atoms with van der Waals surface area (Å²) in [4.78, 5) is 0. The van der Waals surface area contributed by atoms with Crippen molar-refractivity contribution in [3.63, 3.8) is 0 Å². The molecule has 0 aliphatic heterocycles. The minimum absolute atomic E-state index is 1.15. The van der Waals surface area contributed by atoms with E-state index in [1.165, 1.54) is 32.1 Å². The molecule has 0 aliphatic rings. The predicted molar refractivity (Wildman–Crippen MR) is 52.7 cm³/mol. The summed E-state index contributed by atoms with van der Waals surface area (Å²) in [5.41, 5.74) is 1.15. The fraction of sp³-hybridized carbons (Fsp3) is 0.636. The fourth-order valence-electron chi connectivity index (χ4n) is 0.973. The molecule has 0 spiro atoms. The van der Waals surface area contributed by atoms with Gasteiger partial charge in [0.25, 0.3) is 0 Å². The van der Waals surface area contributed by atoms with E-state index in [-0.39, 0.29) is 0 Å². The molecule has 0 saturated heterocycles. The highest BCUT2D eigenvalue weighted by molar-refractivity contribution is 5.10. The maximum atomic E-state index is 3.80. The Morgan fingerprint density at radius 1 is 1.27 bits per heavy atom. The molecule has 0 heterocycles. The van der Waals surface area contributed by atoms with Gasteiger partial charge in [-0.25, -0.2) is 0 Å². The first kappa shape index (κ1) is 10.5. The van der Waals surface area contributed by atoms with Crippen LogP contribution in [0.25, 0.3) is 0 Å². The highest BCUT2D eigenvalue weighted by Gasteiger charge is 1.83. The van der Waals surface area contributed by atoms with Crippen molar-refractivity contribution in [3.05, 3.63) is 24.3 Å². The smallest absolute Gasteiger partial charge is 0.0348 e. The van der Waals surface area contributed by atoms with Crippen LogP contribution in [-0.2, 0) is 0 Å². The summed E-state index contributed by atoms with van der Waals surface area (Å²) in [7, 11) is 0. The average Bonchev–Trinajstić information content (AvgIpc) is 1.96. The zero-order chi connectivity index (χ0) is 8.53. The zero-order valence-corrected chi connectivity index (χ0v) is 7.90. The van der Waals surface area contributed by atoms with E-state index in [0.29, 0.717) is 0 Å². The van der Waals surface area contributed by atoms with Crippen LogP contribution in [0.3, 0.4) is 0 Å². The van der Waals surface area contributed by atoms with Crippen molar-refractivity contribution < 1.29 is 0 Å². The van der Waals surface area contributed by atoms with Gasteiger partial charge in [-0.15, -0.1) is 0 Å². The van der Waals surface area contributed by atoms with Crippen LogP contribution in [-0.4, -0.2) is 0 Å². The van der Waals surface area contributed by atoms with Crippen LogP contribution in [0.2, 0.25) is 0 Å². The van der Waals surface area contributed by atoms with Crippen molar-refractivity contribution in [1.29, 1.82) is 0 Å². The van der Waals surface area contributed by atoms with Gasteiger partial charge in [0, 0.05) is 0 Å². The van der Waals surface area contributed by atoms with Crippen molar-refractivity contribution >= 4 is 0 Å². The standard InChI is InChI=1S/C11H20/c1-4-5-6-7-8-9-10-11(2)3/h9-10H,2,4-8H2,1,3H3/b10-9+. The van der Waals surface area contributed by atoms with Gasteiger partial charge in [0.15, 0.2) is 0 Å². The first-order chi connectivity index (χ1) is 5.27. The maximum Gasteiger partial charge on any atom is -0.0348 e. The molecule has 0 fully saturated rings. The van der Waals surface area contributed by atoms with E-state index in [1.54, 1.807) is 0 Å². The molecule has 0 amide bonds. The second-order valence-electron chi connectivity index (χ2n) is 3.10. The van der Waals surface area contributed by atoms with Crippen LogP contribution in [0.1, 0.15) is 46.0 Å². The number of allylic oxidation sites excluding steroid dienone is 3. The van der Waals surface area contributed by atoms with Crippen LogP contribution in [0.15, 0.2) is 24.3 Å². The molecule has 0 N–H and O–H groups in total. The third-order valence-corrected chi connectivity index (χ3v) is 1.63. The largest absolute Gasteiger partial charge is 0.0961 e. The Morgan fingerprint density at radius 3 is 2.55 bits per heavy atom. The summed E-state index contributed by atoms with van der Waals surface area (Å²) in [6, 6.07) is 0. The molecule has 0 radical (unpaired) electrons. The molecule has 64 valence electrons. The number of rotatable bonds is 6. The molecule has 0 aromatic carbocycles. The lowest BCUT2D eigenvalue weighted by Gasteiger charge is -1.93.